The first kappa shape index (κ1) is 19.4. The van der Waals surface area contributed by atoms with E-state index in [4.69, 9.17) is 0 Å². The molecule has 0 spiro atoms. The second kappa shape index (κ2) is 8.21. The molecule has 3 aromatic rings. The van der Waals surface area contributed by atoms with Gasteiger partial charge in [0.1, 0.15) is 0 Å². The van der Waals surface area contributed by atoms with E-state index in [9.17, 15) is 13.2 Å². The number of para-hydroxylation sites is 1. The predicted octanol–water partition coefficient (Wildman–Crippen LogP) is 4.93. The smallest absolute Gasteiger partial charge is 0.255 e. The molecule has 0 heterocycles. The fourth-order valence-electron chi connectivity index (χ4n) is 3.89. The Hall–Kier alpha value is -2.92. The highest BCUT2D eigenvalue weighted by atomic mass is 32.2. The second-order valence-electron chi connectivity index (χ2n) is 7.40. The number of hydrogen-bond donors (Lipinski definition) is 1. The first-order valence-corrected chi connectivity index (χ1v) is 11.5. The Morgan fingerprint density at radius 3 is 2.34 bits per heavy atom. The second-order valence-corrected chi connectivity index (χ2v) is 9.59. The zero-order chi connectivity index (χ0) is 20.3. The van der Waals surface area contributed by atoms with Crippen LogP contribution in [0.5, 0.6) is 0 Å². The van der Waals surface area contributed by atoms with Crippen molar-refractivity contribution in [3.63, 3.8) is 0 Å². The van der Waals surface area contributed by atoms with Crippen molar-refractivity contribution in [2.45, 2.75) is 30.3 Å². The van der Waals surface area contributed by atoms with E-state index < -0.39 is 15.1 Å². The minimum absolute atomic E-state index is 0.0212. The third-order valence-corrected chi connectivity index (χ3v) is 7.46. The number of amides is 1. The number of hydrogen-bond acceptors (Lipinski definition) is 3. The van der Waals surface area contributed by atoms with E-state index in [1.165, 1.54) is 0 Å². The molecule has 0 saturated heterocycles. The number of carbonyl (C=O) groups excluding carboxylic acids is 1. The first-order valence-electron chi connectivity index (χ1n) is 9.78. The molecule has 0 radical (unpaired) electrons. The van der Waals surface area contributed by atoms with Crippen molar-refractivity contribution in [3.05, 3.63) is 101 Å². The van der Waals surface area contributed by atoms with Crippen LogP contribution in [-0.4, -0.2) is 14.3 Å². The molecule has 0 aromatic heterocycles. The van der Waals surface area contributed by atoms with Crippen molar-refractivity contribution in [1.82, 2.24) is 0 Å². The lowest BCUT2D eigenvalue weighted by Crippen LogP contribution is -2.20. The Balaban J connectivity index is 1.48. The Bertz CT molecular complexity index is 1110. The van der Waals surface area contributed by atoms with Crippen LogP contribution in [0.2, 0.25) is 0 Å². The van der Waals surface area contributed by atoms with Crippen molar-refractivity contribution in [2.75, 3.05) is 5.32 Å². The summed E-state index contributed by atoms with van der Waals surface area (Å²) in [6.07, 6.45) is 2.49. The van der Waals surface area contributed by atoms with Gasteiger partial charge in [-0.05, 0) is 60.2 Å². The summed E-state index contributed by atoms with van der Waals surface area (Å²) in [4.78, 5) is 12.4. The zero-order valence-electron chi connectivity index (χ0n) is 16.0. The Kier molecular flexibility index (Phi) is 5.49. The van der Waals surface area contributed by atoms with Crippen molar-refractivity contribution in [1.29, 1.82) is 0 Å². The molecule has 0 unspecified atom stereocenters. The van der Waals surface area contributed by atoms with Crippen molar-refractivity contribution in [2.24, 2.45) is 0 Å². The molecule has 1 atom stereocenters. The van der Waals surface area contributed by atoms with E-state index in [1.54, 1.807) is 24.3 Å². The zero-order valence-corrected chi connectivity index (χ0v) is 16.9. The van der Waals surface area contributed by atoms with Gasteiger partial charge in [0.25, 0.3) is 5.91 Å². The summed E-state index contributed by atoms with van der Waals surface area (Å²) in [5.41, 5.74) is 4.00. The maximum Gasteiger partial charge on any atom is 0.255 e. The molecule has 0 aliphatic heterocycles. The number of nitrogens with one attached hydrogen (secondary N) is 1. The van der Waals surface area contributed by atoms with Crippen LogP contribution in [0.1, 0.15) is 45.1 Å². The molecule has 0 bridgehead atoms. The van der Waals surface area contributed by atoms with Gasteiger partial charge in [-0.1, -0.05) is 54.6 Å². The van der Waals surface area contributed by atoms with Crippen molar-refractivity contribution in [3.8, 4) is 0 Å². The molecule has 5 heteroatoms. The van der Waals surface area contributed by atoms with Gasteiger partial charge in [0.05, 0.1) is 11.0 Å². The molecule has 1 aliphatic carbocycles. The molecular formula is C24H23NO3S. The van der Waals surface area contributed by atoms with Crippen LogP contribution in [0.25, 0.3) is 0 Å². The molecule has 3 aromatic carbocycles. The largest absolute Gasteiger partial charge is 0.322 e. The summed E-state index contributed by atoms with van der Waals surface area (Å²) in [5, 5.41) is 2.38. The average molecular weight is 406 g/mol. The fraction of sp³-hybridized carbons (Fsp3) is 0.208. The summed E-state index contributed by atoms with van der Waals surface area (Å²) < 4.78 is 26.2. The van der Waals surface area contributed by atoms with E-state index in [0.717, 1.165) is 29.7 Å². The van der Waals surface area contributed by atoms with Gasteiger partial charge < -0.3 is 5.32 Å². The van der Waals surface area contributed by atoms with Crippen LogP contribution < -0.4 is 5.32 Å². The minimum atomic E-state index is -3.33. The standard InChI is InChI=1S/C24H23NO3S/c26-24(25-21-9-2-1-3-10-21)20-15-13-18(14-16-20)17-29(27,28)23-12-6-8-19-7-4-5-11-22(19)23/h1-5,7,9-11,13-16,23H,6,8,12,17H2,(H,25,26)/t23-/m0/s1. The monoisotopic (exact) mass is 405 g/mol. The van der Waals surface area contributed by atoms with Gasteiger partial charge in [0, 0.05) is 11.3 Å². The quantitative estimate of drug-likeness (QED) is 0.654. The highest BCUT2D eigenvalue weighted by Gasteiger charge is 2.31. The van der Waals surface area contributed by atoms with Gasteiger partial charge >= 0.3 is 0 Å². The van der Waals surface area contributed by atoms with Gasteiger partial charge in [0.15, 0.2) is 9.84 Å². The maximum atomic E-state index is 13.1. The Labute approximate surface area is 171 Å². The number of aryl methyl sites for hydroxylation is 1. The van der Waals surface area contributed by atoms with E-state index in [1.807, 2.05) is 54.6 Å². The topological polar surface area (TPSA) is 63.2 Å². The maximum absolute atomic E-state index is 13.1. The van der Waals surface area contributed by atoms with Crippen molar-refractivity contribution < 1.29 is 13.2 Å². The van der Waals surface area contributed by atoms with Gasteiger partial charge in [0.2, 0.25) is 0 Å². The first-order chi connectivity index (χ1) is 14.0. The van der Waals surface area contributed by atoms with E-state index in [-0.39, 0.29) is 11.7 Å². The number of sulfone groups is 1. The summed E-state index contributed by atoms with van der Waals surface area (Å²) in [6.45, 7) is 0. The lowest BCUT2D eigenvalue weighted by atomic mass is 9.91. The van der Waals surface area contributed by atoms with Crippen molar-refractivity contribution >= 4 is 21.4 Å². The molecule has 148 valence electrons. The molecule has 0 saturated carbocycles. The minimum Gasteiger partial charge on any atom is -0.322 e. The highest BCUT2D eigenvalue weighted by Crippen LogP contribution is 2.37. The van der Waals surface area contributed by atoms with Crippen LogP contribution in [0.3, 0.4) is 0 Å². The van der Waals surface area contributed by atoms with E-state index >= 15 is 0 Å². The van der Waals surface area contributed by atoms with Crippen LogP contribution in [-0.2, 0) is 22.0 Å². The van der Waals surface area contributed by atoms with Crippen LogP contribution >= 0.6 is 0 Å². The number of benzene rings is 3. The van der Waals surface area contributed by atoms with Gasteiger partial charge in [-0.15, -0.1) is 0 Å². The van der Waals surface area contributed by atoms with E-state index in [2.05, 4.69) is 5.32 Å². The predicted molar refractivity (Wildman–Crippen MR) is 116 cm³/mol. The van der Waals surface area contributed by atoms with Crippen LogP contribution in [0.4, 0.5) is 5.69 Å². The molecular weight excluding hydrogens is 382 g/mol. The van der Waals surface area contributed by atoms with Gasteiger partial charge in [-0.2, -0.15) is 0 Å². The molecule has 29 heavy (non-hydrogen) atoms. The number of carbonyl (C=O) groups is 1. The summed E-state index contributed by atoms with van der Waals surface area (Å²) in [5.74, 6) is -0.237. The van der Waals surface area contributed by atoms with Crippen LogP contribution in [0, 0.1) is 0 Å². The molecule has 1 aliphatic rings. The number of fused-ring (bicyclic) bond motifs is 1. The lowest BCUT2D eigenvalue weighted by molar-refractivity contribution is 0.102. The van der Waals surface area contributed by atoms with Gasteiger partial charge in [-0.25, -0.2) is 8.42 Å². The summed E-state index contributed by atoms with van der Waals surface area (Å²) in [7, 11) is -3.33. The normalized spacial score (nSPS) is 16.1. The SMILES string of the molecule is O=C(Nc1ccccc1)c1ccc(CS(=O)(=O)[C@H]2CCCc3ccccc32)cc1. The van der Waals surface area contributed by atoms with Gasteiger partial charge in [-0.3, -0.25) is 4.79 Å². The molecule has 4 rings (SSSR count). The number of anilines is 1. The fourth-order valence-corrected chi connectivity index (χ4v) is 5.89. The third kappa shape index (κ3) is 4.40. The molecule has 4 nitrogen and oxygen atoms in total. The Morgan fingerprint density at radius 1 is 0.897 bits per heavy atom. The summed E-state index contributed by atoms with van der Waals surface area (Å²) >= 11 is 0. The molecule has 0 fully saturated rings. The van der Waals surface area contributed by atoms with E-state index in [0.29, 0.717) is 17.5 Å². The third-order valence-electron chi connectivity index (χ3n) is 5.36. The Morgan fingerprint density at radius 2 is 1.59 bits per heavy atom. The summed E-state index contributed by atoms with van der Waals surface area (Å²) in [6, 6.07) is 23.9. The number of rotatable bonds is 5. The average Bonchev–Trinajstić information content (AvgIpc) is 2.74. The highest BCUT2D eigenvalue weighted by molar-refractivity contribution is 7.90. The molecule has 1 N–H and O–H groups in total. The lowest BCUT2D eigenvalue weighted by Gasteiger charge is -2.25. The molecule has 1 amide bonds. The van der Waals surface area contributed by atoms with Crippen LogP contribution in [0.15, 0.2) is 78.9 Å².